The summed E-state index contributed by atoms with van der Waals surface area (Å²) in [6.07, 6.45) is 4.15. The van der Waals surface area contributed by atoms with Crippen LogP contribution in [0.2, 0.25) is 0 Å². The fraction of sp³-hybridized carbons (Fsp3) is 0. The van der Waals surface area contributed by atoms with E-state index in [-0.39, 0.29) is 5.11 Å². The van der Waals surface area contributed by atoms with Gasteiger partial charge < -0.3 is 10.8 Å². The molecule has 17 heavy (non-hydrogen) atoms. The van der Waals surface area contributed by atoms with Crippen LogP contribution in [-0.4, -0.2) is 22.4 Å². The molecule has 0 aromatic heterocycles. The van der Waals surface area contributed by atoms with Crippen LogP contribution in [0, 0.1) is 0 Å². The van der Waals surface area contributed by atoms with Gasteiger partial charge in [0, 0.05) is 6.08 Å². The molecule has 0 bridgehead atoms. The SMILES string of the molecule is NC(=S)NN=Cc1ccc(C=CC(=O)O)cc1. The Labute approximate surface area is 104 Å². The maximum atomic E-state index is 10.3. The van der Waals surface area contributed by atoms with Crippen molar-refractivity contribution in [2.45, 2.75) is 0 Å². The lowest BCUT2D eigenvalue weighted by molar-refractivity contribution is -0.131. The van der Waals surface area contributed by atoms with E-state index in [9.17, 15) is 4.79 Å². The van der Waals surface area contributed by atoms with Crippen LogP contribution in [0.3, 0.4) is 0 Å². The van der Waals surface area contributed by atoms with E-state index in [0.29, 0.717) is 0 Å². The monoisotopic (exact) mass is 249 g/mol. The van der Waals surface area contributed by atoms with Crippen molar-refractivity contribution >= 4 is 35.6 Å². The molecule has 0 amide bonds. The van der Waals surface area contributed by atoms with Gasteiger partial charge in [-0.25, -0.2) is 4.79 Å². The summed E-state index contributed by atoms with van der Waals surface area (Å²) in [4.78, 5) is 10.3. The highest BCUT2D eigenvalue weighted by molar-refractivity contribution is 7.80. The zero-order valence-electron chi connectivity index (χ0n) is 8.83. The molecule has 0 saturated carbocycles. The largest absolute Gasteiger partial charge is 0.478 e. The normalized spacial score (nSPS) is 10.8. The van der Waals surface area contributed by atoms with Crippen molar-refractivity contribution in [1.82, 2.24) is 5.43 Å². The van der Waals surface area contributed by atoms with E-state index >= 15 is 0 Å². The highest BCUT2D eigenvalue weighted by Gasteiger charge is 1.91. The van der Waals surface area contributed by atoms with E-state index in [0.717, 1.165) is 17.2 Å². The van der Waals surface area contributed by atoms with Crippen molar-refractivity contribution in [3.8, 4) is 0 Å². The number of thiocarbonyl (C=S) groups is 1. The van der Waals surface area contributed by atoms with Crippen molar-refractivity contribution in [1.29, 1.82) is 0 Å². The molecular formula is C11H11N3O2S. The predicted octanol–water partition coefficient (Wildman–Crippen LogP) is 0.952. The van der Waals surface area contributed by atoms with Crippen molar-refractivity contribution in [2.24, 2.45) is 10.8 Å². The maximum Gasteiger partial charge on any atom is 0.328 e. The Balaban J connectivity index is 2.65. The minimum Gasteiger partial charge on any atom is -0.478 e. The van der Waals surface area contributed by atoms with Gasteiger partial charge in [-0.2, -0.15) is 5.10 Å². The van der Waals surface area contributed by atoms with Gasteiger partial charge in [0.15, 0.2) is 5.11 Å². The molecule has 0 aliphatic carbocycles. The fourth-order valence-electron chi connectivity index (χ4n) is 1.03. The molecule has 4 N–H and O–H groups in total. The molecule has 0 saturated heterocycles. The second kappa shape index (κ2) is 6.39. The highest BCUT2D eigenvalue weighted by Crippen LogP contribution is 2.04. The zero-order chi connectivity index (χ0) is 12.7. The van der Waals surface area contributed by atoms with Crippen molar-refractivity contribution in [3.05, 3.63) is 41.5 Å². The Morgan fingerprint density at radius 2 is 1.94 bits per heavy atom. The molecule has 0 radical (unpaired) electrons. The molecule has 6 heteroatoms. The predicted molar refractivity (Wildman–Crippen MR) is 70.6 cm³/mol. The number of hydrogen-bond acceptors (Lipinski definition) is 3. The first-order chi connectivity index (χ1) is 8.08. The summed E-state index contributed by atoms with van der Waals surface area (Å²) in [7, 11) is 0. The Bertz CT molecular complexity index is 466. The lowest BCUT2D eigenvalue weighted by Gasteiger charge is -1.96. The van der Waals surface area contributed by atoms with Gasteiger partial charge in [-0.3, -0.25) is 5.43 Å². The Kier molecular flexibility index (Phi) is 4.83. The van der Waals surface area contributed by atoms with Crippen LogP contribution in [0.1, 0.15) is 11.1 Å². The summed E-state index contributed by atoms with van der Waals surface area (Å²) in [5.41, 5.74) is 9.27. The second-order valence-corrected chi connectivity index (χ2v) is 3.51. The highest BCUT2D eigenvalue weighted by atomic mass is 32.1. The van der Waals surface area contributed by atoms with E-state index < -0.39 is 5.97 Å². The van der Waals surface area contributed by atoms with Gasteiger partial charge in [0.05, 0.1) is 6.21 Å². The van der Waals surface area contributed by atoms with Crippen molar-refractivity contribution in [3.63, 3.8) is 0 Å². The first-order valence-electron chi connectivity index (χ1n) is 4.67. The molecule has 1 aromatic carbocycles. The zero-order valence-corrected chi connectivity index (χ0v) is 9.65. The van der Waals surface area contributed by atoms with E-state index in [4.69, 9.17) is 10.8 Å². The quantitative estimate of drug-likeness (QED) is 0.320. The summed E-state index contributed by atoms with van der Waals surface area (Å²) in [5.74, 6) is -0.976. The molecule has 88 valence electrons. The van der Waals surface area contributed by atoms with E-state index in [1.165, 1.54) is 6.08 Å². The van der Waals surface area contributed by atoms with Crippen LogP contribution in [0.5, 0.6) is 0 Å². The average Bonchev–Trinajstić information content (AvgIpc) is 2.27. The number of rotatable bonds is 4. The van der Waals surface area contributed by atoms with Gasteiger partial charge in [0.1, 0.15) is 0 Å². The molecule has 0 atom stereocenters. The van der Waals surface area contributed by atoms with Gasteiger partial charge >= 0.3 is 5.97 Å². The molecule has 1 aromatic rings. The smallest absolute Gasteiger partial charge is 0.328 e. The van der Waals surface area contributed by atoms with Crippen molar-refractivity contribution < 1.29 is 9.90 Å². The second-order valence-electron chi connectivity index (χ2n) is 3.07. The molecule has 5 nitrogen and oxygen atoms in total. The third-order valence-corrected chi connectivity index (χ3v) is 1.83. The molecule has 0 unspecified atom stereocenters. The lowest BCUT2D eigenvalue weighted by atomic mass is 10.1. The van der Waals surface area contributed by atoms with Gasteiger partial charge in [-0.1, -0.05) is 24.3 Å². The topological polar surface area (TPSA) is 87.7 Å². The first kappa shape index (κ1) is 12.9. The van der Waals surface area contributed by atoms with Gasteiger partial charge in [-0.05, 0) is 29.4 Å². The van der Waals surface area contributed by atoms with Gasteiger partial charge in [0.25, 0.3) is 0 Å². The summed E-state index contributed by atoms with van der Waals surface area (Å²) >= 11 is 4.58. The minimum absolute atomic E-state index is 0.0993. The number of carboxylic acid groups (broad SMARTS) is 1. The summed E-state index contributed by atoms with van der Waals surface area (Å²) in [5, 5.41) is 12.3. The summed E-state index contributed by atoms with van der Waals surface area (Å²) < 4.78 is 0. The van der Waals surface area contributed by atoms with Gasteiger partial charge in [0.2, 0.25) is 0 Å². The van der Waals surface area contributed by atoms with Crippen LogP contribution in [0.25, 0.3) is 6.08 Å². The molecule has 0 aliphatic rings. The third-order valence-electron chi connectivity index (χ3n) is 1.74. The van der Waals surface area contributed by atoms with Crippen LogP contribution in [-0.2, 0) is 4.79 Å². The van der Waals surface area contributed by atoms with Crippen LogP contribution in [0.15, 0.2) is 35.4 Å². The molecule has 1 rings (SSSR count). The lowest BCUT2D eigenvalue weighted by Crippen LogP contribution is -2.23. The number of nitrogens with one attached hydrogen (secondary N) is 1. The Morgan fingerprint density at radius 3 is 2.47 bits per heavy atom. The Morgan fingerprint density at radius 1 is 1.35 bits per heavy atom. The number of nitrogens with two attached hydrogens (primary N) is 1. The average molecular weight is 249 g/mol. The van der Waals surface area contributed by atoms with Crippen molar-refractivity contribution in [2.75, 3.05) is 0 Å². The summed E-state index contributed by atoms with van der Waals surface area (Å²) in [6, 6.07) is 7.15. The first-order valence-corrected chi connectivity index (χ1v) is 5.08. The van der Waals surface area contributed by atoms with E-state index in [1.807, 2.05) is 0 Å². The Hall–Kier alpha value is -2.21. The summed E-state index contributed by atoms with van der Waals surface area (Å²) in [6.45, 7) is 0. The van der Waals surface area contributed by atoms with Gasteiger partial charge in [-0.15, -0.1) is 0 Å². The molecule has 0 fully saturated rings. The van der Waals surface area contributed by atoms with Crippen LogP contribution >= 0.6 is 12.2 Å². The molecule has 0 spiro atoms. The number of nitrogens with zero attached hydrogens (tertiary/aromatic N) is 1. The molecular weight excluding hydrogens is 238 g/mol. The van der Waals surface area contributed by atoms with Crippen LogP contribution in [0.4, 0.5) is 0 Å². The minimum atomic E-state index is -0.976. The number of aliphatic carboxylic acids is 1. The van der Waals surface area contributed by atoms with E-state index in [1.54, 1.807) is 30.5 Å². The molecule has 0 aliphatic heterocycles. The third kappa shape index (κ3) is 5.43. The number of hydrazone groups is 1. The van der Waals surface area contributed by atoms with E-state index in [2.05, 4.69) is 22.7 Å². The number of hydrogen-bond donors (Lipinski definition) is 3. The molecule has 0 heterocycles. The standard InChI is InChI=1S/C11H11N3O2S/c12-11(17)14-13-7-9-3-1-8(2-4-9)5-6-10(15)16/h1-7H,(H,15,16)(H3,12,14,17). The number of carboxylic acids is 1. The number of benzene rings is 1. The van der Waals surface area contributed by atoms with Crippen LogP contribution < -0.4 is 11.2 Å². The fourth-order valence-corrected chi connectivity index (χ4v) is 1.08. The number of carbonyl (C=O) groups is 1. The maximum absolute atomic E-state index is 10.3.